The van der Waals surface area contributed by atoms with Crippen LogP contribution < -0.4 is 16.0 Å². The molecule has 0 spiro atoms. The van der Waals surface area contributed by atoms with Gasteiger partial charge in [-0.3, -0.25) is 16.2 Å². The Labute approximate surface area is 121 Å². The number of rotatable bonds is 5. The Hall–Kier alpha value is -1.14. The van der Waals surface area contributed by atoms with Crippen LogP contribution in [-0.2, 0) is 4.74 Å². The minimum absolute atomic E-state index is 0.0355. The van der Waals surface area contributed by atoms with E-state index in [0.717, 1.165) is 31.0 Å². The standard InChI is InChI=1S/C15H25N3O2/c1-11(2)18-7-8-20-14(10-18)15(17-16)12-5-4-6-13(9-12)19-3/h4-6,9,11,14-15,17H,7-8,10,16H2,1-3H3. The first-order valence-corrected chi connectivity index (χ1v) is 7.11. The highest BCUT2D eigenvalue weighted by Gasteiger charge is 2.29. The van der Waals surface area contributed by atoms with Crippen molar-refractivity contribution in [3.63, 3.8) is 0 Å². The van der Waals surface area contributed by atoms with Gasteiger partial charge in [-0.1, -0.05) is 12.1 Å². The lowest BCUT2D eigenvalue weighted by atomic mass is 10.00. The highest BCUT2D eigenvalue weighted by atomic mass is 16.5. The zero-order valence-electron chi connectivity index (χ0n) is 12.5. The Balaban J connectivity index is 2.14. The zero-order chi connectivity index (χ0) is 14.5. The molecule has 1 fully saturated rings. The van der Waals surface area contributed by atoms with Gasteiger partial charge in [-0.2, -0.15) is 0 Å². The van der Waals surface area contributed by atoms with Crippen LogP contribution in [0.3, 0.4) is 0 Å². The molecule has 0 saturated carbocycles. The number of hydrogen-bond acceptors (Lipinski definition) is 5. The second-order valence-corrected chi connectivity index (χ2v) is 5.42. The lowest BCUT2D eigenvalue weighted by molar-refractivity contribution is -0.0561. The Bertz CT molecular complexity index is 425. The molecule has 1 heterocycles. The van der Waals surface area contributed by atoms with E-state index in [9.17, 15) is 0 Å². The Morgan fingerprint density at radius 2 is 2.25 bits per heavy atom. The Morgan fingerprint density at radius 1 is 1.45 bits per heavy atom. The number of benzene rings is 1. The van der Waals surface area contributed by atoms with E-state index in [-0.39, 0.29) is 12.1 Å². The lowest BCUT2D eigenvalue weighted by Gasteiger charge is -2.38. The number of nitrogens with zero attached hydrogens (tertiary/aromatic N) is 1. The fourth-order valence-electron chi connectivity index (χ4n) is 2.62. The summed E-state index contributed by atoms with van der Waals surface area (Å²) < 4.78 is 11.2. The van der Waals surface area contributed by atoms with Gasteiger partial charge in [-0.15, -0.1) is 0 Å². The minimum atomic E-state index is -0.0355. The second-order valence-electron chi connectivity index (χ2n) is 5.42. The Morgan fingerprint density at radius 3 is 2.90 bits per heavy atom. The summed E-state index contributed by atoms with van der Waals surface area (Å²) in [4.78, 5) is 2.42. The van der Waals surface area contributed by atoms with Crippen LogP contribution in [0.1, 0.15) is 25.5 Å². The monoisotopic (exact) mass is 279 g/mol. The molecule has 5 heteroatoms. The third kappa shape index (κ3) is 3.49. The summed E-state index contributed by atoms with van der Waals surface area (Å²) in [5.74, 6) is 6.59. The molecule has 112 valence electrons. The normalized spacial score (nSPS) is 21.9. The van der Waals surface area contributed by atoms with Crippen molar-refractivity contribution in [3.05, 3.63) is 29.8 Å². The Kier molecular flexibility index (Phi) is 5.37. The molecule has 5 nitrogen and oxygen atoms in total. The van der Waals surface area contributed by atoms with Crippen molar-refractivity contribution in [1.29, 1.82) is 0 Å². The van der Waals surface area contributed by atoms with Crippen molar-refractivity contribution in [2.24, 2.45) is 5.84 Å². The van der Waals surface area contributed by atoms with E-state index in [4.69, 9.17) is 15.3 Å². The van der Waals surface area contributed by atoms with Gasteiger partial charge in [0.1, 0.15) is 5.75 Å². The lowest BCUT2D eigenvalue weighted by Crippen LogP contribution is -2.51. The van der Waals surface area contributed by atoms with E-state index in [1.54, 1.807) is 7.11 Å². The maximum atomic E-state index is 5.91. The first-order chi connectivity index (χ1) is 9.65. The van der Waals surface area contributed by atoms with E-state index in [1.807, 2.05) is 24.3 Å². The molecule has 0 radical (unpaired) electrons. The summed E-state index contributed by atoms with van der Waals surface area (Å²) in [5, 5.41) is 0. The highest BCUT2D eigenvalue weighted by molar-refractivity contribution is 5.31. The van der Waals surface area contributed by atoms with Crippen LogP contribution in [0.5, 0.6) is 5.75 Å². The summed E-state index contributed by atoms with van der Waals surface area (Å²) in [5.41, 5.74) is 3.98. The van der Waals surface area contributed by atoms with Gasteiger partial charge in [0.15, 0.2) is 0 Å². The van der Waals surface area contributed by atoms with Crippen LogP contribution >= 0.6 is 0 Å². The molecule has 1 aromatic rings. The van der Waals surface area contributed by atoms with Gasteiger partial charge in [0, 0.05) is 19.1 Å². The van der Waals surface area contributed by atoms with E-state index in [1.165, 1.54) is 0 Å². The molecule has 1 aromatic carbocycles. The van der Waals surface area contributed by atoms with E-state index in [2.05, 4.69) is 24.2 Å². The van der Waals surface area contributed by atoms with Gasteiger partial charge in [-0.25, -0.2) is 0 Å². The summed E-state index contributed by atoms with van der Waals surface area (Å²) in [7, 11) is 1.67. The van der Waals surface area contributed by atoms with Gasteiger partial charge in [0.25, 0.3) is 0 Å². The molecule has 2 rings (SSSR count). The van der Waals surface area contributed by atoms with Gasteiger partial charge >= 0.3 is 0 Å². The van der Waals surface area contributed by atoms with Crippen LogP contribution in [0.25, 0.3) is 0 Å². The number of morpholine rings is 1. The first kappa shape index (κ1) is 15.3. The van der Waals surface area contributed by atoms with Crippen LogP contribution in [-0.4, -0.2) is 43.9 Å². The van der Waals surface area contributed by atoms with Crippen LogP contribution in [0.4, 0.5) is 0 Å². The quantitative estimate of drug-likeness (QED) is 0.628. The number of ether oxygens (including phenoxy) is 2. The molecule has 2 atom stereocenters. The largest absolute Gasteiger partial charge is 0.497 e. The SMILES string of the molecule is COc1cccc(C(NN)C2CN(C(C)C)CCO2)c1. The fourth-order valence-corrected chi connectivity index (χ4v) is 2.62. The third-order valence-corrected chi connectivity index (χ3v) is 3.86. The van der Waals surface area contributed by atoms with E-state index in [0.29, 0.717) is 6.04 Å². The highest BCUT2D eigenvalue weighted by Crippen LogP contribution is 2.25. The molecule has 1 saturated heterocycles. The first-order valence-electron chi connectivity index (χ1n) is 7.11. The predicted octanol–water partition coefficient (Wildman–Crippen LogP) is 1.31. The van der Waals surface area contributed by atoms with Crippen molar-refractivity contribution in [2.45, 2.75) is 32.0 Å². The summed E-state index contributed by atoms with van der Waals surface area (Å²) in [6, 6.07) is 8.44. The van der Waals surface area contributed by atoms with Crippen molar-refractivity contribution >= 4 is 0 Å². The van der Waals surface area contributed by atoms with Gasteiger partial charge in [0.05, 0.1) is 25.9 Å². The van der Waals surface area contributed by atoms with Crippen molar-refractivity contribution < 1.29 is 9.47 Å². The summed E-state index contributed by atoms with van der Waals surface area (Å²) >= 11 is 0. The van der Waals surface area contributed by atoms with Gasteiger partial charge in [0.2, 0.25) is 0 Å². The fraction of sp³-hybridized carbons (Fsp3) is 0.600. The summed E-state index contributed by atoms with van der Waals surface area (Å²) in [6.07, 6.45) is 0.0447. The number of methoxy groups -OCH3 is 1. The molecule has 0 aromatic heterocycles. The van der Waals surface area contributed by atoms with E-state index >= 15 is 0 Å². The van der Waals surface area contributed by atoms with Crippen LogP contribution in [0.15, 0.2) is 24.3 Å². The van der Waals surface area contributed by atoms with Crippen LogP contribution in [0, 0.1) is 0 Å². The van der Waals surface area contributed by atoms with Gasteiger partial charge in [-0.05, 0) is 31.5 Å². The average Bonchev–Trinajstić information content (AvgIpc) is 2.48. The van der Waals surface area contributed by atoms with Crippen molar-refractivity contribution in [1.82, 2.24) is 10.3 Å². The van der Waals surface area contributed by atoms with Crippen LogP contribution in [0.2, 0.25) is 0 Å². The number of hydrogen-bond donors (Lipinski definition) is 2. The topological polar surface area (TPSA) is 59.8 Å². The molecular formula is C15H25N3O2. The van der Waals surface area contributed by atoms with E-state index < -0.39 is 0 Å². The third-order valence-electron chi connectivity index (χ3n) is 3.86. The minimum Gasteiger partial charge on any atom is -0.497 e. The maximum Gasteiger partial charge on any atom is 0.119 e. The smallest absolute Gasteiger partial charge is 0.119 e. The second kappa shape index (κ2) is 7.04. The van der Waals surface area contributed by atoms with Gasteiger partial charge < -0.3 is 9.47 Å². The molecule has 20 heavy (non-hydrogen) atoms. The summed E-state index contributed by atoms with van der Waals surface area (Å²) in [6.45, 7) is 7.01. The van der Waals surface area contributed by atoms with Crippen molar-refractivity contribution in [2.75, 3.05) is 26.8 Å². The average molecular weight is 279 g/mol. The predicted molar refractivity (Wildman–Crippen MR) is 79.5 cm³/mol. The van der Waals surface area contributed by atoms with Crippen molar-refractivity contribution in [3.8, 4) is 5.75 Å². The number of hydrazine groups is 1. The molecule has 2 unspecified atom stereocenters. The maximum absolute atomic E-state index is 5.91. The number of nitrogens with two attached hydrogens (primary N) is 1. The number of nitrogens with one attached hydrogen (secondary N) is 1. The molecule has 0 amide bonds. The molecular weight excluding hydrogens is 254 g/mol. The molecule has 0 aliphatic carbocycles. The molecule has 0 bridgehead atoms. The zero-order valence-corrected chi connectivity index (χ0v) is 12.5. The molecule has 1 aliphatic heterocycles. The molecule has 1 aliphatic rings. The molecule has 3 N–H and O–H groups in total.